The fourth-order valence-corrected chi connectivity index (χ4v) is 1.76. The average Bonchev–Trinajstić information content (AvgIpc) is 2.87. The number of nitrogens with one attached hydrogen (secondary N) is 1. The molecule has 1 heterocycles. The number of nitrogens with zero attached hydrogens (tertiary/aromatic N) is 2. The molecule has 0 bridgehead atoms. The molecule has 2 aromatic rings. The predicted octanol–water partition coefficient (Wildman–Crippen LogP) is 1.47. The Labute approximate surface area is 121 Å². The third-order valence-corrected chi connectivity index (χ3v) is 2.81. The van der Waals surface area contributed by atoms with E-state index in [4.69, 9.17) is 4.74 Å². The largest absolute Gasteiger partial charge is 0.497 e. The van der Waals surface area contributed by atoms with Crippen molar-refractivity contribution in [1.29, 1.82) is 0 Å². The number of carbonyl (C=O) groups excluding carboxylic acids is 2. The number of aryl methyl sites for hydroxylation is 1. The van der Waals surface area contributed by atoms with Gasteiger partial charge in [0, 0.05) is 18.8 Å². The molecule has 0 aliphatic rings. The number of anilines is 1. The van der Waals surface area contributed by atoms with Gasteiger partial charge in [0.2, 0.25) is 0 Å². The van der Waals surface area contributed by atoms with E-state index < -0.39 is 5.97 Å². The Balaban J connectivity index is 2.20. The monoisotopic (exact) mass is 289 g/mol. The summed E-state index contributed by atoms with van der Waals surface area (Å²) >= 11 is 0. The van der Waals surface area contributed by atoms with Crippen LogP contribution in [0.2, 0.25) is 0 Å². The SMILES string of the molecule is COC(=O)c1nn(C)cc1NC(=O)c1ccc(OC)cc1. The molecule has 1 amide bonds. The maximum Gasteiger partial charge on any atom is 0.360 e. The summed E-state index contributed by atoms with van der Waals surface area (Å²) in [6.45, 7) is 0. The van der Waals surface area contributed by atoms with Crippen LogP contribution in [0.25, 0.3) is 0 Å². The van der Waals surface area contributed by atoms with E-state index >= 15 is 0 Å². The Morgan fingerprint density at radius 1 is 1.19 bits per heavy atom. The van der Waals surface area contributed by atoms with Gasteiger partial charge in [-0.3, -0.25) is 9.48 Å². The normalized spacial score (nSPS) is 10.0. The lowest BCUT2D eigenvalue weighted by atomic mass is 10.2. The molecule has 21 heavy (non-hydrogen) atoms. The number of methoxy groups -OCH3 is 2. The van der Waals surface area contributed by atoms with Crippen molar-refractivity contribution in [3.63, 3.8) is 0 Å². The van der Waals surface area contributed by atoms with E-state index in [9.17, 15) is 9.59 Å². The van der Waals surface area contributed by atoms with E-state index in [2.05, 4.69) is 15.2 Å². The second-order valence-corrected chi connectivity index (χ2v) is 4.24. The fourth-order valence-electron chi connectivity index (χ4n) is 1.76. The standard InChI is InChI=1S/C14H15N3O4/c1-17-8-11(12(16-17)14(19)21-3)15-13(18)9-4-6-10(20-2)7-5-9/h4-8H,1-3H3,(H,15,18). The third-order valence-electron chi connectivity index (χ3n) is 2.81. The number of esters is 1. The molecule has 0 unspecified atom stereocenters. The zero-order valence-corrected chi connectivity index (χ0v) is 11.9. The number of benzene rings is 1. The molecule has 7 heteroatoms. The van der Waals surface area contributed by atoms with Crippen LogP contribution in [0.15, 0.2) is 30.5 Å². The Kier molecular flexibility index (Phi) is 4.22. The summed E-state index contributed by atoms with van der Waals surface area (Å²) < 4.78 is 11.1. The first-order valence-corrected chi connectivity index (χ1v) is 6.12. The predicted molar refractivity (Wildman–Crippen MR) is 75.5 cm³/mol. The molecule has 0 saturated carbocycles. The van der Waals surface area contributed by atoms with Crippen molar-refractivity contribution < 1.29 is 19.1 Å². The number of hydrogen-bond acceptors (Lipinski definition) is 5. The summed E-state index contributed by atoms with van der Waals surface area (Å²) in [5.74, 6) is -0.306. The van der Waals surface area contributed by atoms with Crippen molar-refractivity contribution in [3.05, 3.63) is 41.7 Å². The third kappa shape index (κ3) is 3.19. The van der Waals surface area contributed by atoms with E-state index in [1.807, 2.05) is 0 Å². The van der Waals surface area contributed by atoms with Gasteiger partial charge >= 0.3 is 5.97 Å². The van der Waals surface area contributed by atoms with Crippen LogP contribution in [-0.4, -0.2) is 35.9 Å². The second-order valence-electron chi connectivity index (χ2n) is 4.24. The lowest BCUT2D eigenvalue weighted by Crippen LogP contribution is -2.14. The number of amides is 1. The molecule has 0 radical (unpaired) electrons. The topological polar surface area (TPSA) is 82.5 Å². The van der Waals surface area contributed by atoms with E-state index in [1.165, 1.54) is 18.0 Å². The summed E-state index contributed by atoms with van der Waals surface area (Å²) in [4.78, 5) is 23.7. The van der Waals surface area contributed by atoms with E-state index in [0.717, 1.165) is 0 Å². The van der Waals surface area contributed by atoms with Gasteiger partial charge in [0.05, 0.1) is 19.9 Å². The first kappa shape index (κ1) is 14.6. The second kappa shape index (κ2) is 6.08. The minimum Gasteiger partial charge on any atom is -0.497 e. The van der Waals surface area contributed by atoms with Crippen molar-refractivity contribution in [2.24, 2.45) is 7.05 Å². The van der Waals surface area contributed by atoms with Gasteiger partial charge in [0.15, 0.2) is 5.69 Å². The fraction of sp³-hybridized carbons (Fsp3) is 0.214. The Morgan fingerprint density at radius 3 is 2.43 bits per heavy atom. The van der Waals surface area contributed by atoms with Crippen LogP contribution in [0.5, 0.6) is 5.75 Å². The Bertz CT molecular complexity index is 661. The quantitative estimate of drug-likeness (QED) is 0.862. The van der Waals surface area contributed by atoms with Crippen LogP contribution in [0.1, 0.15) is 20.8 Å². The first-order valence-electron chi connectivity index (χ1n) is 6.12. The number of carbonyl (C=O) groups is 2. The minimum absolute atomic E-state index is 0.0573. The van der Waals surface area contributed by atoms with Gasteiger partial charge < -0.3 is 14.8 Å². The molecular weight excluding hydrogens is 274 g/mol. The number of aromatic nitrogens is 2. The maximum atomic E-state index is 12.1. The van der Waals surface area contributed by atoms with E-state index in [-0.39, 0.29) is 11.6 Å². The number of rotatable bonds is 4. The summed E-state index contributed by atoms with van der Waals surface area (Å²) in [7, 11) is 4.45. The lowest BCUT2D eigenvalue weighted by molar-refractivity contribution is 0.0594. The lowest BCUT2D eigenvalue weighted by Gasteiger charge is -2.05. The van der Waals surface area contributed by atoms with Crippen LogP contribution in [-0.2, 0) is 11.8 Å². The molecule has 0 spiro atoms. The van der Waals surface area contributed by atoms with Gasteiger partial charge in [-0.15, -0.1) is 0 Å². The summed E-state index contributed by atoms with van der Waals surface area (Å²) in [6.07, 6.45) is 1.54. The van der Waals surface area contributed by atoms with Gasteiger partial charge in [0.1, 0.15) is 5.75 Å². The van der Waals surface area contributed by atoms with Gasteiger partial charge in [-0.1, -0.05) is 0 Å². The average molecular weight is 289 g/mol. The van der Waals surface area contributed by atoms with Crippen molar-refractivity contribution in [3.8, 4) is 5.75 Å². The molecule has 0 aliphatic carbocycles. The summed E-state index contributed by atoms with van der Waals surface area (Å²) in [5, 5.41) is 6.60. The van der Waals surface area contributed by atoms with Gasteiger partial charge in [0.25, 0.3) is 5.91 Å². The molecule has 0 atom stereocenters. The first-order chi connectivity index (χ1) is 10.0. The number of ether oxygens (including phenoxy) is 2. The molecule has 0 aliphatic heterocycles. The maximum absolute atomic E-state index is 12.1. The molecule has 0 saturated heterocycles. The van der Waals surface area contributed by atoms with E-state index in [1.54, 1.807) is 38.4 Å². The highest BCUT2D eigenvalue weighted by Crippen LogP contribution is 2.17. The molecule has 1 aromatic carbocycles. The van der Waals surface area contributed by atoms with E-state index in [0.29, 0.717) is 17.0 Å². The van der Waals surface area contributed by atoms with Crippen molar-refractivity contribution >= 4 is 17.6 Å². The smallest absolute Gasteiger partial charge is 0.360 e. The molecule has 110 valence electrons. The van der Waals surface area contributed by atoms with Gasteiger partial charge in [-0.05, 0) is 24.3 Å². The van der Waals surface area contributed by atoms with Crippen molar-refractivity contribution in [1.82, 2.24) is 9.78 Å². The molecule has 2 rings (SSSR count). The zero-order valence-electron chi connectivity index (χ0n) is 11.9. The summed E-state index contributed by atoms with van der Waals surface area (Å²) in [5.41, 5.74) is 0.794. The highest BCUT2D eigenvalue weighted by atomic mass is 16.5. The highest BCUT2D eigenvalue weighted by Gasteiger charge is 2.18. The van der Waals surface area contributed by atoms with Crippen LogP contribution in [0.4, 0.5) is 5.69 Å². The van der Waals surface area contributed by atoms with Gasteiger partial charge in [-0.2, -0.15) is 5.10 Å². The van der Waals surface area contributed by atoms with Crippen LogP contribution in [0.3, 0.4) is 0 Å². The Morgan fingerprint density at radius 2 is 1.86 bits per heavy atom. The number of hydrogen-bond donors (Lipinski definition) is 1. The summed E-state index contributed by atoms with van der Waals surface area (Å²) in [6, 6.07) is 6.61. The minimum atomic E-state index is -0.611. The van der Waals surface area contributed by atoms with Crippen LogP contribution in [0, 0.1) is 0 Å². The molecule has 1 N–H and O–H groups in total. The van der Waals surface area contributed by atoms with Crippen LogP contribution >= 0.6 is 0 Å². The molecule has 7 nitrogen and oxygen atoms in total. The van der Waals surface area contributed by atoms with Crippen molar-refractivity contribution in [2.45, 2.75) is 0 Å². The van der Waals surface area contributed by atoms with Gasteiger partial charge in [-0.25, -0.2) is 4.79 Å². The molecular formula is C14H15N3O4. The Hall–Kier alpha value is -2.83. The van der Waals surface area contributed by atoms with Crippen LogP contribution < -0.4 is 10.1 Å². The zero-order chi connectivity index (χ0) is 15.4. The highest BCUT2D eigenvalue weighted by molar-refractivity contribution is 6.07. The van der Waals surface area contributed by atoms with Crippen molar-refractivity contribution in [2.75, 3.05) is 19.5 Å². The molecule has 1 aromatic heterocycles. The molecule has 0 fully saturated rings.